The summed E-state index contributed by atoms with van der Waals surface area (Å²) in [4.78, 5) is 25.4. The van der Waals surface area contributed by atoms with E-state index in [-0.39, 0.29) is 42.6 Å². The minimum absolute atomic E-state index is 0. The van der Waals surface area contributed by atoms with Crippen molar-refractivity contribution in [3.8, 4) is 0 Å². The Morgan fingerprint density at radius 1 is 1.44 bits per heavy atom. The van der Waals surface area contributed by atoms with E-state index in [0.29, 0.717) is 10.6 Å². The van der Waals surface area contributed by atoms with Crippen LogP contribution in [0.4, 0.5) is 4.79 Å². The van der Waals surface area contributed by atoms with Gasteiger partial charge in [-0.05, 0) is 12.5 Å². The number of amides is 3. The summed E-state index contributed by atoms with van der Waals surface area (Å²) < 4.78 is 57.9. The van der Waals surface area contributed by atoms with E-state index < -0.39 is 50.2 Å². The topological polar surface area (TPSA) is 179 Å². The summed E-state index contributed by atoms with van der Waals surface area (Å²) in [6, 6.07) is -2.86. The predicted molar refractivity (Wildman–Crippen MR) is 77.0 cm³/mol. The minimum atomic E-state index is -5.15. The molecule has 25 heavy (non-hydrogen) atoms. The van der Waals surface area contributed by atoms with Crippen molar-refractivity contribution in [3.63, 3.8) is 0 Å². The van der Waals surface area contributed by atoms with Gasteiger partial charge in [0.05, 0.1) is 18.3 Å². The van der Waals surface area contributed by atoms with Gasteiger partial charge in [0.15, 0.2) is 0 Å². The van der Waals surface area contributed by atoms with Crippen LogP contribution in [0.25, 0.3) is 0 Å². The zero-order valence-electron chi connectivity index (χ0n) is 13.4. The predicted octanol–water partition coefficient (Wildman–Crippen LogP) is -5.78. The number of carbonyl (C=O) groups is 2. The monoisotopic (exact) mass is 406 g/mol. The zero-order valence-corrected chi connectivity index (χ0v) is 17.0. The van der Waals surface area contributed by atoms with E-state index in [0.717, 1.165) is 4.90 Å². The fraction of sp³-hybridized carbons (Fsp3) is 0.600. The molecule has 0 radical (unpaired) electrons. The molecule has 0 spiro atoms. The molecule has 3 amide bonds. The third-order valence-corrected chi connectivity index (χ3v) is 4.54. The first-order valence-corrected chi connectivity index (χ1v) is 9.65. The molecule has 0 aliphatic carbocycles. The minimum Gasteiger partial charge on any atom is -0.724 e. The van der Waals surface area contributed by atoms with Crippen molar-refractivity contribution in [2.75, 3.05) is 18.8 Å². The number of primary sulfonamides is 1. The van der Waals surface area contributed by atoms with E-state index in [1.165, 1.54) is 13.0 Å². The summed E-state index contributed by atoms with van der Waals surface area (Å²) in [6.45, 7) is 1.23. The molecule has 2 aliphatic heterocycles. The van der Waals surface area contributed by atoms with Crippen LogP contribution in [0.15, 0.2) is 11.6 Å². The van der Waals surface area contributed by atoms with Crippen LogP contribution in [0, 0.1) is 0 Å². The van der Waals surface area contributed by atoms with Crippen molar-refractivity contribution in [1.82, 2.24) is 15.3 Å². The fourth-order valence-corrected chi connectivity index (χ4v) is 3.30. The Hall–Kier alpha value is -0.740. The van der Waals surface area contributed by atoms with Crippen molar-refractivity contribution in [2.45, 2.75) is 19.0 Å². The van der Waals surface area contributed by atoms with Crippen molar-refractivity contribution in [3.05, 3.63) is 11.6 Å². The van der Waals surface area contributed by atoms with Crippen LogP contribution in [0.3, 0.4) is 0 Å². The molecule has 1 saturated heterocycles. The second-order valence-corrected chi connectivity index (χ2v) is 7.98. The number of hydrogen-bond donors (Lipinski definition) is 2. The van der Waals surface area contributed by atoms with Gasteiger partial charge in [-0.3, -0.25) is 4.79 Å². The SMILES string of the molecule is CC1=C[C@@H]2CN(C(=O)N2OS(=O)(=O)[O-])[C@@H]1C(=O)NCCS(N)(=O)=O.[Na+]. The van der Waals surface area contributed by atoms with Crippen molar-refractivity contribution in [2.24, 2.45) is 5.14 Å². The molecule has 2 bridgehead atoms. The summed E-state index contributed by atoms with van der Waals surface area (Å²) in [5.74, 6) is -1.14. The standard InChI is InChI=1S/C10H16N4O8S2.Na/c1-6-4-7-5-13(10(16)14(7)22-24(19,20)21)8(6)9(15)12-2-3-23(11,17)18;/h4,7-8H,2-3,5H2,1H3,(H,12,15)(H2,11,17,18)(H,19,20,21);/q;+1/p-1/t7-,8+;/m1./s1. The first-order chi connectivity index (χ1) is 10.9. The number of nitrogens with zero attached hydrogens (tertiary/aromatic N) is 2. The molecular formula is C10H15N4NaO8S2. The van der Waals surface area contributed by atoms with Gasteiger partial charge in [0.1, 0.15) is 6.04 Å². The first kappa shape index (κ1) is 22.3. The summed E-state index contributed by atoms with van der Waals surface area (Å²) in [5.41, 5.74) is 0.419. The van der Waals surface area contributed by atoms with Crippen LogP contribution in [0.1, 0.15) is 6.92 Å². The number of hydrogen-bond acceptors (Lipinski definition) is 8. The molecule has 2 atom stereocenters. The third kappa shape index (κ3) is 5.62. The van der Waals surface area contributed by atoms with Crippen molar-refractivity contribution >= 4 is 32.4 Å². The maximum absolute atomic E-state index is 12.2. The average molecular weight is 406 g/mol. The number of hydroxylamine groups is 2. The normalized spacial score (nSPS) is 23.2. The van der Waals surface area contributed by atoms with Gasteiger partial charge in [-0.25, -0.2) is 26.8 Å². The van der Waals surface area contributed by atoms with Gasteiger partial charge < -0.3 is 14.8 Å². The van der Waals surface area contributed by atoms with E-state index in [1.54, 1.807) is 0 Å². The number of rotatable bonds is 6. The Balaban J connectivity index is 0.00000312. The first-order valence-electron chi connectivity index (χ1n) is 6.61. The largest absolute Gasteiger partial charge is 1.00 e. The number of urea groups is 1. The Morgan fingerprint density at radius 2 is 2.04 bits per heavy atom. The van der Waals surface area contributed by atoms with Gasteiger partial charge in [-0.1, -0.05) is 6.08 Å². The molecule has 0 aromatic rings. The van der Waals surface area contributed by atoms with Crippen LogP contribution >= 0.6 is 0 Å². The van der Waals surface area contributed by atoms with Crippen LogP contribution in [0.5, 0.6) is 0 Å². The Kier molecular flexibility index (Phi) is 7.02. The molecule has 0 unspecified atom stereocenters. The third-order valence-electron chi connectivity index (χ3n) is 3.42. The molecule has 12 nitrogen and oxygen atoms in total. The molecule has 15 heteroatoms. The molecule has 0 aromatic carbocycles. The van der Waals surface area contributed by atoms with Crippen LogP contribution in [-0.2, 0) is 29.5 Å². The Bertz CT molecular complexity index is 796. The molecule has 2 heterocycles. The summed E-state index contributed by atoms with van der Waals surface area (Å²) >= 11 is 0. The summed E-state index contributed by atoms with van der Waals surface area (Å²) in [5, 5.41) is 7.55. The maximum Gasteiger partial charge on any atom is 1.00 e. The smallest absolute Gasteiger partial charge is 0.724 e. The molecule has 0 aromatic heterocycles. The van der Waals surface area contributed by atoms with Gasteiger partial charge in [-0.2, -0.15) is 9.35 Å². The average Bonchev–Trinajstić information content (AvgIpc) is 2.61. The molecule has 3 N–H and O–H groups in total. The van der Waals surface area contributed by atoms with Crippen LogP contribution in [0.2, 0.25) is 0 Å². The van der Waals surface area contributed by atoms with Crippen LogP contribution < -0.4 is 40.0 Å². The Labute approximate surface area is 166 Å². The van der Waals surface area contributed by atoms with Gasteiger partial charge >= 0.3 is 35.6 Å². The number of nitrogens with two attached hydrogens (primary N) is 1. The number of carbonyl (C=O) groups excluding carboxylic acids is 2. The van der Waals surface area contributed by atoms with Gasteiger partial charge in [0.25, 0.3) is 0 Å². The molecule has 1 fully saturated rings. The maximum atomic E-state index is 12.2. The van der Waals surface area contributed by atoms with Gasteiger partial charge in [0, 0.05) is 6.54 Å². The quantitative estimate of drug-likeness (QED) is 0.189. The number of sulfonamides is 1. The Morgan fingerprint density at radius 3 is 2.56 bits per heavy atom. The van der Waals surface area contributed by atoms with E-state index in [2.05, 4.69) is 9.60 Å². The van der Waals surface area contributed by atoms with Crippen molar-refractivity contribution < 1.29 is 64.8 Å². The second-order valence-electron chi connectivity index (χ2n) is 5.28. The molecular weight excluding hydrogens is 391 g/mol. The molecule has 136 valence electrons. The summed E-state index contributed by atoms with van der Waals surface area (Å²) in [7, 11) is -8.90. The van der Waals surface area contributed by atoms with E-state index >= 15 is 0 Å². The van der Waals surface area contributed by atoms with Crippen molar-refractivity contribution in [1.29, 1.82) is 0 Å². The van der Waals surface area contributed by atoms with E-state index in [9.17, 15) is 31.0 Å². The second kappa shape index (κ2) is 7.87. The number of nitrogens with one attached hydrogen (secondary N) is 1. The number of fused-ring (bicyclic) bond motifs is 2. The van der Waals surface area contributed by atoms with Gasteiger partial charge in [0.2, 0.25) is 26.3 Å². The fourth-order valence-electron chi connectivity index (χ4n) is 2.55. The zero-order chi connectivity index (χ0) is 18.3. The van der Waals surface area contributed by atoms with Crippen LogP contribution in [-0.4, -0.2) is 74.2 Å². The van der Waals surface area contributed by atoms with Gasteiger partial charge in [-0.15, -0.1) is 0 Å². The molecule has 2 rings (SSSR count). The van der Waals surface area contributed by atoms with E-state index in [1.807, 2.05) is 0 Å². The molecule has 0 saturated carbocycles. The summed E-state index contributed by atoms with van der Waals surface area (Å²) in [6.07, 6.45) is 1.43. The molecule has 2 aliphatic rings. The van der Waals surface area contributed by atoms with E-state index in [4.69, 9.17) is 5.14 Å².